The molecule has 0 spiro atoms. The number of nitrogens with zero attached hydrogens (tertiary/aromatic N) is 4. The highest BCUT2D eigenvalue weighted by atomic mass is 15.4. The zero-order valence-electron chi connectivity index (χ0n) is 11.9. The van der Waals surface area contributed by atoms with Crippen molar-refractivity contribution in [1.82, 2.24) is 25.2 Å². The molecular formula is C15H21N5. The van der Waals surface area contributed by atoms with Crippen LogP contribution in [0.3, 0.4) is 0 Å². The third kappa shape index (κ3) is 3.43. The molecule has 1 aliphatic heterocycles. The van der Waals surface area contributed by atoms with E-state index in [0.717, 1.165) is 38.3 Å². The van der Waals surface area contributed by atoms with Gasteiger partial charge in [-0.15, -0.1) is 5.10 Å². The van der Waals surface area contributed by atoms with Crippen LogP contribution in [-0.2, 0) is 20.0 Å². The fourth-order valence-electron chi connectivity index (χ4n) is 2.77. The van der Waals surface area contributed by atoms with Crippen LogP contribution in [-0.4, -0.2) is 45.6 Å². The molecule has 3 rings (SSSR count). The largest absolute Gasteiger partial charge is 0.311 e. The molecule has 1 aromatic carbocycles. The average Bonchev–Trinajstić information content (AvgIpc) is 2.86. The lowest BCUT2D eigenvalue weighted by Crippen LogP contribution is -2.51. The molecular weight excluding hydrogens is 250 g/mol. The second-order valence-electron chi connectivity index (χ2n) is 5.46. The van der Waals surface area contributed by atoms with Gasteiger partial charge in [0.15, 0.2) is 0 Å². The van der Waals surface area contributed by atoms with Crippen LogP contribution in [0.25, 0.3) is 0 Å². The second kappa shape index (κ2) is 6.15. The third-order valence-corrected chi connectivity index (χ3v) is 3.70. The molecule has 106 valence electrons. The van der Waals surface area contributed by atoms with Crippen molar-refractivity contribution in [2.75, 3.05) is 19.6 Å². The number of piperazine rings is 1. The van der Waals surface area contributed by atoms with Crippen LogP contribution in [0.15, 0.2) is 36.5 Å². The second-order valence-corrected chi connectivity index (χ2v) is 5.46. The minimum atomic E-state index is 0.517. The average molecular weight is 271 g/mol. The van der Waals surface area contributed by atoms with E-state index >= 15 is 0 Å². The summed E-state index contributed by atoms with van der Waals surface area (Å²) in [5.41, 5.74) is 2.44. The normalized spacial score (nSPS) is 20.1. The molecule has 1 aliphatic rings. The van der Waals surface area contributed by atoms with Crippen LogP contribution in [0, 0.1) is 0 Å². The van der Waals surface area contributed by atoms with Gasteiger partial charge in [0.2, 0.25) is 0 Å². The third-order valence-electron chi connectivity index (χ3n) is 3.70. The first-order chi connectivity index (χ1) is 9.79. The molecule has 2 aromatic rings. The SMILES string of the molecule is Cn1cc(CN2CCNC(Cc3ccccc3)C2)nn1. The Hall–Kier alpha value is -1.72. The molecule has 0 bridgehead atoms. The standard InChI is InChI=1S/C15H21N5/c1-19-10-15(17-18-19)12-20-8-7-16-14(11-20)9-13-5-3-2-4-6-13/h2-6,10,14,16H,7-9,11-12H2,1H3. The Labute approximate surface area is 119 Å². The van der Waals surface area contributed by atoms with Crippen LogP contribution in [0.2, 0.25) is 0 Å². The molecule has 0 aliphatic carbocycles. The first-order valence-corrected chi connectivity index (χ1v) is 7.14. The van der Waals surface area contributed by atoms with E-state index in [0.29, 0.717) is 6.04 Å². The minimum Gasteiger partial charge on any atom is -0.311 e. The summed E-state index contributed by atoms with van der Waals surface area (Å²) >= 11 is 0. The zero-order valence-corrected chi connectivity index (χ0v) is 11.9. The number of nitrogens with one attached hydrogen (secondary N) is 1. The molecule has 5 heteroatoms. The number of aromatic nitrogens is 3. The smallest absolute Gasteiger partial charge is 0.0967 e. The lowest BCUT2D eigenvalue weighted by Gasteiger charge is -2.33. The van der Waals surface area contributed by atoms with Gasteiger partial charge >= 0.3 is 0 Å². The Bertz CT molecular complexity index is 536. The van der Waals surface area contributed by atoms with Crippen molar-refractivity contribution in [2.45, 2.75) is 19.0 Å². The van der Waals surface area contributed by atoms with E-state index in [1.54, 1.807) is 4.68 Å². The summed E-state index contributed by atoms with van der Waals surface area (Å²) in [6.45, 7) is 4.06. The van der Waals surface area contributed by atoms with Crippen molar-refractivity contribution >= 4 is 0 Å². The maximum atomic E-state index is 4.17. The molecule has 1 unspecified atom stereocenters. The Morgan fingerprint density at radius 3 is 2.90 bits per heavy atom. The molecule has 1 saturated heterocycles. The van der Waals surface area contributed by atoms with Gasteiger partial charge < -0.3 is 5.32 Å². The Balaban J connectivity index is 1.56. The highest BCUT2D eigenvalue weighted by molar-refractivity contribution is 5.16. The van der Waals surface area contributed by atoms with E-state index in [1.165, 1.54) is 5.56 Å². The minimum absolute atomic E-state index is 0.517. The molecule has 20 heavy (non-hydrogen) atoms. The quantitative estimate of drug-likeness (QED) is 0.895. The van der Waals surface area contributed by atoms with Gasteiger partial charge in [0.1, 0.15) is 0 Å². The fourth-order valence-corrected chi connectivity index (χ4v) is 2.77. The Morgan fingerprint density at radius 2 is 2.15 bits per heavy atom. The van der Waals surface area contributed by atoms with Crippen LogP contribution >= 0.6 is 0 Å². The summed E-state index contributed by atoms with van der Waals surface area (Å²) in [6.07, 6.45) is 3.08. The van der Waals surface area contributed by atoms with Gasteiger partial charge in [-0.25, -0.2) is 0 Å². The van der Waals surface area contributed by atoms with Gasteiger partial charge in [-0.05, 0) is 12.0 Å². The summed E-state index contributed by atoms with van der Waals surface area (Å²) in [6, 6.07) is 11.2. The topological polar surface area (TPSA) is 46.0 Å². The molecule has 0 amide bonds. The van der Waals surface area contributed by atoms with Crippen molar-refractivity contribution in [1.29, 1.82) is 0 Å². The van der Waals surface area contributed by atoms with Crippen molar-refractivity contribution in [3.8, 4) is 0 Å². The monoisotopic (exact) mass is 271 g/mol. The molecule has 2 heterocycles. The maximum Gasteiger partial charge on any atom is 0.0967 e. The van der Waals surface area contributed by atoms with Crippen molar-refractivity contribution < 1.29 is 0 Å². The Morgan fingerprint density at radius 1 is 1.30 bits per heavy atom. The van der Waals surface area contributed by atoms with Gasteiger partial charge in [0.05, 0.1) is 5.69 Å². The molecule has 0 radical (unpaired) electrons. The summed E-state index contributed by atoms with van der Waals surface area (Å²) in [5, 5.41) is 11.8. The molecule has 5 nitrogen and oxygen atoms in total. The van der Waals surface area contributed by atoms with E-state index in [-0.39, 0.29) is 0 Å². The van der Waals surface area contributed by atoms with Gasteiger partial charge in [-0.3, -0.25) is 9.58 Å². The first kappa shape index (κ1) is 13.3. The molecule has 1 fully saturated rings. The number of rotatable bonds is 4. The van der Waals surface area contributed by atoms with Crippen molar-refractivity contribution in [2.24, 2.45) is 7.05 Å². The number of hydrogen-bond acceptors (Lipinski definition) is 4. The van der Waals surface area contributed by atoms with Gasteiger partial charge in [-0.2, -0.15) is 0 Å². The summed E-state index contributed by atoms with van der Waals surface area (Å²) < 4.78 is 1.76. The number of benzene rings is 1. The van der Waals surface area contributed by atoms with Gasteiger partial charge in [0.25, 0.3) is 0 Å². The lowest BCUT2D eigenvalue weighted by molar-refractivity contribution is 0.190. The summed E-state index contributed by atoms with van der Waals surface area (Å²) in [7, 11) is 1.91. The highest BCUT2D eigenvalue weighted by Crippen LogP contribution is 2.09. The van der Waals surface area contributed by atoms with E-state index in [2.05, 4.69) is 50.9 Å². The molecule has 0 saturated carbocycles. The Kier molecular flexibility index (Phi) is 4.08. The van der Waals surface area contributed by atoms with Crippen LogP contribution in [0.5, 0.6) is 0 Å². The summed E-state index contributed by atoms with van der Waals surface area (Å²) in [5.74, 6) is 0. The van der Waals surface area contributed by atoms with Gasteiger partial charge in [-0.1, -0.05) is 35.5 Å². The number of aryl methyl sites for hydroxylation is 1. The van der Waals surface area contributed by atoms with Crippen LogP contribution in [0.4, 0.5) is 0 Å². The van der Waals surface area contributed by atoms with E-state index in [4.69, 9.17) is 0 Å². The fraction of sp³-hybridized carbons (Fsp3) is 0.467. The number of hydrogen-bond donors (Lipinski definition) is 1. The maximum absolute atomic E-state index is 4.17. The molecule has 1 atom stereocenters. The summed E-state index contributed by atoms with van der Waals surface area (Å²) in [4.78, 5) is 2.45. The van der Waals surface area contributed by atoms with E-state index in [1.807, 2.05) is 13.2 Å². The predicted molar refractivity (Wildman–Crippen MR) is 78.2 cm³/mol. The van der Waals surface area contributed by atoms with E-state index < -0.39 is 0 Å². The highest BCUT2D eigenvalue weighted by Gasteiger charge is 2.20. The van der Waals surface area contributed by atoms with Crippen molar-refractivity contribution in [3.05, 3.63) is 47.8 Å². The molecule has 1 aromatic heterocycles. The first-order valence-electron chi connectivity index (χ1n) is 7.14. The predicted octanol–water partition coefficient (Wildman–Crippen LogP) is 0.832. The van der Waals surface area contributed by atoms with E-state index in [9.17, 15) is 0 Å². The van der Waals surface area contributed by atoms with Crippen molar-refractivity contribution in [3.63, 3.8) is 0 Å². The van der Waals surface area contributed by atoms with Crippen LogP contribution < -0.4 is 5.32 Å². The van der Waals surface area contributed by atoms with Crippen LogP contribution in [0.1, 0.15) is 11.3 Å². The lowest BCUT2D eigenvalue weighted by atomic mass is 10.0. The zero-order chi connectivity index (χ0) is 13.8. The molecule has 1 N–H and O–H groups in total. The van der Waals surface area contributed by atoms with Gasteiger partial charge in [0, 0.05) is 45.5 Å².